The van der Waals surface area contributed by atoms with Crippen LogP contribution in [-0.2, 0) is 9.53 Å². The van der Waals surface area contributed by atoms with Crippen molar-refractivity contribution in [3.8, 4) is 0 Å². The average molecular weight is 213 g/mol. The number of morpholine rings is 1. The number of carbonyl (C=O) groups is 1. The van der Waals surface area contributed by atoms with Crippen LogP contribution in [0.4, 0.5) is 0 Å². The van der Waals surface area contributed by atoms with Crippen LogP contribution in [0, 0.1) is 0 Å². The fourth-order valence-corrected chi connectivity index (χ4v) is 2.30. The first-order chi connectivity index (χ1) is 7.18. The Morgan fingerprint density at radius 3 is 3.00 bits per heavy atom. The number of hydrogen-bond donors (Lipinski definition) is 1. The van der Waals surface area contributed by atoms with Gasteiger partial charge in [0.2, 0.25) is 5.91 Å². The van der Waals surface area contributed by atoms with Crippen molar-refractivity contribution < 1.29 is 9.53 Å². The van der Waals surface area contributed by atoms with Gasteiger partial charge in [-0.2, -0.15) is 0 Å². The maximum atomic E-state index is 11.1. The van der Waals surface area contributed by atoms with E-state index in [1.54, 1.807) is 0 Å². The van der Waals surface area contributed by atoms with Gasteiger partial charge in [-0.25, -0.2) is 0 Å². The van der Waals surface area contributed by atoms with E-state index >= 15 is 0 Å². The Kier molecular flexibility index (Phi) is 3.23. The van der Waals surface area contributed by atoms with Crippen LogP contribution >= 0.6 is 0 Å². The second-order valence-corrected chi connectivity index (χ2v) is 4.34. The number of piperazine rings is 1. The fourth-order valence-electron chi connectivity index (χ4n) is 2.30. The molecule has 2 atom stereocenters. The number of ether oxygens (including phenoxy) is 1. The Morgan fingerprint density at radius 2 is 2.27 bits per heavy atom. The summed E-state index contributed by atoms with van der Waals surface area (Å²) in [5, 5.41) is 0. The molecule has 0 aliphatic carbocycles. The molecular weight excluding hydrogens is 194 g/mol. The zero-order chi connectivity index (χ0) is 10.8. The van der Waals surface area contributed by atoms with E-state index in [0.29, 0.717) is 6.04 Å². The van der Waals surface area contributed by atoms with Gasteiger partial charge in [0.05, 0.1) is 19.3 Å². The van der Waals surface area contributed by atoms with Gasteiger partial charge in [-0.1, -0.05) is 0 Å². The summed E-state index contributed by atoms with van der Waals surface area (Å²) >= 11 is 0. The Bertz CT molecular complexity index is 247. The Hall–Kier alpha value is -0.650. The van der Waals surface area contributed by atoms with Crippen LogP contribution in [0.5, 0.6) is 0 Å². The van der Waals surface area contributed by atoms with Crippen molar-refractivity contribution in [2.75, 3.05) is 39.4 Å². The minimum absolute atomic E-state index is 0.158. The highest BCUT2D eigenvalue weighted by Gasteiger charge is 2.32. The van der Waals surface area contributed by atoms with E-state index in [0.717, 1.165) is 39.4 Å². The van der Waals surface area contributed by atoms with Gasteiger partial charge in [0.1, 0.15) is 0 Å². The molecule has 5 nitrogen and oxygen atoms in total. The average Bonchev–Trinajstić information content (AvgIpc) is 2.27. The highest BCUT2D eigenvalue weighted by atomic mass is 16.5. The van der Waals surface area contributed by atoms with Crippen LogP contribution in [0.2, 0.25) is 0 Å². The summed E-state index contributed by atoms with van der Waals surface area (Å²) in [5.41, 5.74) is 5.31. The molecule has 2 unspecified atom stereocenters. The minimum atomic E-state index is -0.236. The molecule has 2 heterocycles. The van der Waals surface area contributed by atoms with E-state index in [1.807, 2.05) is 6.92 Å². The Balaban J connectivity index is 1.93. The molecule has 5 heteroatoms. The molecule has 2 aliphatic heterocycles. The van der Waals surface area contributed by atoms with Gasteiger partial charge >= 0.3 is 0 Å². The zero-order valence-electron chi connectivity index (χ0n) is 9.19. The van der Waals surface area contributed by atoms with Gasteiger partial charge in [-0.15, -0.1) is 0 Å². The van der Waals surface area contributed by atoms with Crippen LogP contribution in [0.1, 0.15) is 6.92 Å². The number of nitrogens with zero attached hydrogens (tertiary/aromatic N) is 2. The smallest absolute Gasteiger partial charge is 0.234 e. The van der Waals surface area contributed by atoms with Crippen molar-refractivity contribution in [2.45, 2.75) is 19.0 Å². The highest BCUT2D eigenvalue weighted by Crippen LogP contribution is 2.15. The number of fused-ring (bicyclic) bond motifs is 1. The summed E-state index contributed by atoms with van der Waals surface area (Å²) in [7, 11) is 0. The normalized spacial score (nSPS) is 30.9. The standard InChI is InChI=1S/C10H19N3O2/c1-8(10(11)14)13-3-2-12-4-5-15-7-9(12)6-13/h8-9H,2-7H2,1H3,(H2,11,14). The van der Waals surface area contributed by atoms with E-state index in [2.05, 4.69) is 9.80 Å². The first-order valence-corrected chi connectivity index (χ1v) is 5.53. The lowest BCUT2D eigenvalue weighted by molar-refractivity contribution is -0.125. The molecule has 86 valence electrons. The fraction of sp³-hybridized carbons (Fsp3) is 0.900. The molecule has 2 fully saturated rings. The van der Waals surface area contributed by atoms with Crippen LogP contribution in [0.3, 0.4) is 0 Å². The molecule has 2 aliphatic rings. The van der Waals surface area contributed by atoms with Crippen molar-refractivity contribution >= 4 is 5.91 Å². The van der Waals surface area contributed by atoms with Crippen molar-refractivity contribution in [3.05, 3.63) is 0 Å². The zero-order valence-corrected chi connectivity index (χ0v) is 9.19. The first kappa shape index (κ1) is 10.9. The lowest BCUT2D eigenvalue weighted by Crippen LogP contribution is -2.61. The molecule has 0 aromatic carbocycles. The second-order valence-electron chi connectivity index (χ2n) is 4.34. The van der Waals surface area contributed by atoms with Gasteiger partial charge in [-0.3, -0.25) is 14.6 Å². The molecular formula is C10H19N3O2. The summed E-state index contributed by atoms with van der Waals surface area (Å²) in [5.74, 6) is -0.236. The SMILES string of the molecule is CC(C(N)=O)N1CCN2CCOCC2C1. The van der Waals surface area contributed by atoms with Crippen molar-refractivity contribution in [2.24, 2.45) is 5.73 Å². The van der Waals surface area contributed by atoms with Crippen LogP contribution in [0.25, 0.3) is 0 Å². The maximum Gasteiger partial charge on any atom is 0.234 e. The molecule has 0 aromatic rings. The molecule has 0 spiro atoms. The number of primary amides is 1. The highest BCUT2D eigenvalue weighted by molar-refractivity contribution is 5.79. The first-order valence-electron chi connectivity index (χ1n) is 5.53. The summed E-state index contributed by atoms with van der Waals surface area (Å²) in [6.07, 6.45) is 0. The summed E-state index contributed by atoms with van der Waals surface area (Å²) in [4.78, 5) is 15.7. The lowest BCUT2D eigenvalue weighted by atomic mass is 10.1. The minimum Gasteiger partial charge on any atom is -0.378 e. The molecule has 2 saturated heterocycles. The van der Waals surface area contributed by atoms with Crippen LogP contribution in [-0.4, -0.2) is 67.2 Å². The van der Waals surface area contributed by atoms with E-state index in [-0.39, 0.29) is 11.9 Å². The second kappa shape index (κ2) is 4.47. The monoisotopic (exact) mass is 213 g/mol. The molecule has 1 amide bonds. The third kappa shape index (κ3) is 2.30. The molecule has 2 rings (SSSR count). The quantitative estimate of drug-likeness (QED) is 0.631. The molecule has 0 radical (unpaired) electrons. The molecule has 0 aromatic heterocycles. The summed E-state index contributed by atoms with van der Waals surface area (Å²) in [6, 6.07) is 0.281. The molecule has 0 bridgehead atoms. The van der Waals surface area contributed by atoms with Crippen LogP contribution < -0.4 is 5.73 Å². The van der Waals surface area contributed by atoms with Gasteiger partial charge < -0.3 is 10.5 Å². The number of carbonyl (C=O) groups excluding carboxylic acids is 1. The summed E-state index contributed by atoms with van der Waals surface area (Å²) in [6.45, 7) is 7.35. The van der Waals surface area contributed by atoms with E-state index in [4.69, 9.17) is 10.5 Å². The Morgan fingerprint density at radius 1 is 1.47 bits per heavy atom. The van der Waals surface area contributed by atoms with Crippen molar-refractivity contribution in [1.82, 2.24) is 9.80 Å². The number of nitrogens with two attached hydrogens (primary N) is 1. The predicted octanol–water partition coefficient (Wildman–Crippen LogP) is -1.12. The number of rotatable bonds is 2. The molecule has 15 heavy (non-hydrogen) atoms. The Labute approximate surface area is 90.1 Å². The number of amides is 1. The van der Waals surface area contributed by atoms with Gasteiger partial charge in [0.15, 0.2) is 0 Å². The predicted molar refractivity (Wildman–Crippen MR) is 56.4 cm³/mol. The maximum absolute atomic E-state index is 11.1. The van der Waals surface area contributed by atoms with Gasteiger partial charge in [0.25, 0.3) is 0 Å². The van der Waals surface area contributed by atoms with E-state index in [9.17, 15) is 4.79 Å². The van der Waals surface area contributed by atoms with Crippen molar-refractivity contribution in [1.29, 1.82) is 0 Å². The topological polar surface area (TPSA) is 58.8 Å². The largest absolute Gasteiger partial charge is 0.378 e. The van der Waals surface area contributed by atoms with Crippen LogP contribution in [0.15, 0.2) is 0 Å². The lowest BCUT2D eigenvalue weighted by Gasteiger charge is -2.45. The number of hydrogen-bond acceptors (Lipinski definition) is 4. The van der Waals surface area contributed by atoms with Crippen molar-refractivity contribution in [3.63, 3.8) is 0 Å². The third-order valence-corrected chi connectivity index (χ3v) is 3.43. The van der Waals surface area contributed by atoms with Gasteiger partial charge in [-0.05, 0) is 6.92 Å². The van der Waals surface area contributed by atoms with Gasteiger partial charge in [0, 0.05) is 32.2 Å². The van der Waals surface area contributed by atoms with E-state index in [1.165, 1.54) is 0 Å². The summed E-state index contributed by atoms with van der Waals surface area (Å²) < 4.78 is 5.44. The molecule has 0 saturated carbocycles. The van der Waals surface area contributed by atoms with E-state index < -0.39 is 0 Å². The third-order valence-electron chi connectivity index (χ3n) is 3.43. The molecule has 2 N–H and O–H groups in total.